The lowest BCUT2D eigenvalue weighted by Gasteiger charge is -2.26. The van der Waals surface area contributed by atoms with Gasteiger partial charge in [0.05, 0.1) is 29.0 Å². The first-order valence-electron chi connectivity index (χ1n) is 8.15. The summed E-state index contributed by atoms with van der Waals surface area (Å²) in [4.78, 5) is 23.4. The van der Waals surface area contributed by atoms with Gasteiger partial charge in [0, 0.05) is 32.2 Å². The Balaban J connectivity index is 1.92. The number of nitro benzene ring substituents is 1. The molecule has 26 heavy (non-hydrogen) atoms. The van der Waals surface area contributed by atoms with Gasteiger partial charge in [-0.2, -0.15) is 4.31 Å². The maximum atomic E-state index is 12.7. The highest BCUT2D eigenvalue weighted by molar-refractivity contribution is 7.89. The van der Waals surface area contributed by atoms with Gasteiger partial charge >= 0.3 is 5.97 Å². The molecule has 2 heterocycles. The van der Waals surface area contributed by atoms with E-state index in [1.165, 1.54) is 16.4 Å². The lowest BCUT2D eigenvalue weighted by Crippen LogP contribution is -2.40. The van der Waals surface area contributed by atoms with Crippen LogP contribution in [0.3, 0.4) is 0 Å². The van der Waals surface area contributed by atoms with Gasteiger partial charge in [-0.15, -0.1) is 0 Å². The second kappa shape index (κ2) is 7.17. The second-order valence-corrected chi connectivity index (χ2v) is 8.13. The summed E-state index contributed by atoms with van der Waals surface area (Å²) >= 11 is 0. The van der Waals surface area contributed by atoms with Crippen molar-refractivity contribution in [1.29, 1.82) is 0 Å². The molecular formula is C15H19N3O7S. The molecule has 2 fully saturated rings. The molecule has 0 aromatic heterocycles. The van der Waals surface area contributed by atoms with E-state index in [-0.39, 0.29) is 49.1 Å². The largest absolute Gasteiger partial charge is 0.481 e. The number of ether oxygens (including phenoxy) is 1. The lowest BCUT2D eigenvalue weighted by molar-refractivity contribution is -0.384. The number of carboxylic acids is 1. The zero-order chi connectivity index (χ0) is 18.9. The maximum absolute atomic E-state index is 12.7. The Labute approximate surface area is 150 Å². The van der Waals surface area contributed by atoms with Crippen LogP contribution in [0.4, 0.5) is 11.4 Å². The molecule has 1 aromatic carbocycles. The number of morpholine rings is 1. The van der Waals surface area contributed by atoms with Crippen molar-refractivity contribution in [3.05, 3.63) is 28.3 Å². The molecule has 11 heteroatoms. The summed E-state index contributed by atoms with van der Waals surface area (Å²) in [6.07, 6.45) is 0.389. The Morgan fingerprint density at radius 2 is 1.96 bits per heavy atom. The van der Waals surface area contributed by atoms with E-state index in [0.29, 0.717) is 13.0 Å². The second-order valence-electron chi connectivity index (χ2n) is 6.19. The van der Waals surface area contributed by atoms with E-state index in [2.05, 4.69) is 0 Å². The molecule has 142 valence electrons. The van der Waals surface area contributed by atoms with Gasteiger partial charge in [-0.3, -0.25) is 14.9 Å². The summed E-state index contributed by atoms with van der Waals surface area (Å²) in [7, 11) is -3.85. The van der Waals surface area contributed by atoms with Gasteiger partial charge in [-0.25, -0.2) is 8.42 Å². The predicted molar refractivity (Wildman–Crippen MR) is 90.6 cm³/mol. The predicted octanol–water partition coefficient (Wildman–Crippen LogP) is 0.527. The van der Waals surface area contributed by atoms with Crippen LogP contribution in [0.25, 0.3) is 0 Å². The van der Waals surface area contributed by atoms with E-state index in [1.54, 1.807) is 4.90 Å². The van der Waals surface area contributed by atoms with Crippen LogP contribution in [-0.2, 0) is 19.6 Å². The Morgan fingerprint density at radius 3 is 2.54 bits per heavy atom. The number of aliphatic carboxylic acids is 1. The number of carboxylic acid groups (broad SMARTS) is 1. The number of anilines is 1. The smallest absolute Gasteiger partial charge is 0.308 e. The molecule has 2 aliphatic rings. The minimum atomic E-state index is -3.85. The third-order valence-electron chi connectivity index (χ3n) is 4.63. The van der Waals surface area contributed by atoms with Crippen LogP contribution in [0.5, 0.6) is 0 Å². The number of benzene rings is 1. The number of sulfonamides is 1. The van der Waals surface area contributed by atoms with Gasteiger partial charge in [-0.1, -0.05) is 0 Å². The summed E-state index contributed by atoms with van der Waals surface area (Å²) in [5.41, 5.74) is -0.106. The SMILES string of the molecule is O=C(O)C1CCN(c2ccc(S(=O)(=O)N3CCOCC3)cc2[N+](=O)[O-])C1. The van der Waals surface area contributed by atoms with Crippen molar-refractivity contribution in [2.75, 3.05) is 44.3 Å². The number of rotatable bonds is 5. The van der Waals surface area contributed by atoms with Crippen LogP contribution in [-0.4, -0.2) is 68.1 Å². The standard InChI is InChI=1S/C15H19N3O7S/c19-15(20)11-3-4-16(10-11)13-2-1-12(9-14(13)18(21)22)26(23,24)17-5-7-25-8-6-17/h1-2,9,11H,3-8,10H2,(H,19,20). The Morgan fingerprint density at radius 1 is 1.27 bits per heavy atom. The number of nitrogens with zero attached hydrogens (tertiary/aromatic N) is 3. The summed E-state index contributed by atoms with van der Waals surface area (Å²) in [5.74, 6) is -1.53. The molecule has 1 atom stereocenters. The van der Waals surface area contributed by atoms with Crippen molar-refractivity contribution in [2.24, 2.45) is 5.92 Å². The highest BCUT2D eigenvalue weighted by Gasteiger charge is 2.33. The Kier molecular flexibility index (Phi) is 5.12. The quantitative estimate of drug-likeness (QED) is 0.574. The first-order valence-corrected chi connectivity index (χ1v) is 9.59. The van der Waals surface area contributed by atoms with Gasteiger partial charge in [0.1, 0.15) is 5.69 Å². The number of nitro groups is 1. The summed E-state index contributed by atoms with van der Waals surface area (Å²) in [6, 6.07) is 3.77. The maximum Gasteiger partial charge on any atom is 0.308 e. The molecule has 0 spiro atoms. The fourth-order valence-corrected chi connectivity index (χ4v) is 4.62. The van der Waals surface area contributed by atoms with E-state index in [1.807, 2.05) is 0 Å². The molecule has 1 N–H and O–H groups in total. The molecular weight excluding hydrogens is 366 g/mol. The fourth-order valence-electron chi connectivity index (χ4n) is 3.19. The highest BCUT2D eigenvalue weighted by Crippen LogP contribution is 2.35. The Bertz CT molecular complexity index is 821. The molecule has 1 unspecified atom stereocenters. The van der Waals surface area contributed by atoms with Crippen LogP contribution in [0.2, 0.25) is 0 Å². The molecule has 0 aliphatic carbocycles. The van der Waals surface area contributed by atoms with Crippen LogP contribution in [0.1, 0.15) is 6.42 Å². The minimum absolute atomic E-state index is 0.149. The van der Waals surface area contributed by atoms with Crippen molar-refractivity contribution in [2.45, 2.75) is 11.3 Å². The van der Waals surface area contributed by atoms with E-state index in [4.69, 9.17) is 9.84 Å². The number of hydrogen-bond donors (Lipinski definition) is 1. The molecule has 3 rings (SSSR count). The van der Waals surface area contributed by atoms with E-state index in [0.717, 1.165) is 6.07 Å². The molecule has 0 bridgehead atoms. The first kappa shape index (κ1) is 18.5. The molecule has 2 saturated heterocycles. The number of hydrogen-bond acceptors (Lipinski definition) is 7. The van der Waals surface area contributed by atoms with E-state index in [9.17, 15) is 23.3 Å². The third kappa shape index (κ3) is 3.50. The number of carbonyl (C=O) groups is 1. The average Bonchev–Trinajstić information content (AvgIpc) is 3.12. The molecule has 2 aliphatic heterocycles. The zero-order valence-corrected chi connectivity index (χ0v) is 14.7. The summed E-state index contributed by atoms with van der Waals surface area (Å²) in [5, 5.41) is 20.6. The normalized spacial score (nSPS) is 21.7. The Hall–Kier alpha value is -2.24. The minimum Gasteiger partial charge on any atom is -0.481 e. The molecule has 0 saturated carbocycles. The lowest BCUT2D eigenvalue weighted by atomic mass is 10.1. The molecule has 0 radical (unpaired) electrons. The molecule has 0 amide bonds. The first-order chi connectivity index (χ1) is 12.3. The van der Waals surface area contributed by atoms with Gasteiger partial charge < -0.3 is 14.7 Å². The van der Waals surface area contributed by atoms with E-state index >= 15 is 0 Å². The van der Waals surface area contributed by atoms with Crippen LogP contribution in [0.15, 0.2) is 23.1 Å². The molecule has 1 aromatic rings. The highest BCUT2D eigenvalue weighted by atomic mass is 32.2. The van der Waals surface area contributed by atoms with Crippen LogP contribution in [0, 0.1) is 16.0 Å². The van der Waals surface area contributed by atoms with Crippen molar-refractivity contribution >= 4 is 27.4 Å². The summed E-state index contributed by atoms with van der Waals surface area (Å²) in [6.45, 7) is 1.49. The van der Waals surface area contributed by atoms with Gasteiger partial charge in [0.15, 0.2) is 0 Å². The van der Waals surface area contributed by atoms with Crippen molar-refractivity contribution in [3.63, 3.8) is 0 Å². The van der Waals surface area contributed by atoms with Gasteiger partial charge in [-0.05, 0) is 18.6 Å². The topological polar surface area (TPSA) is 130 Å². The van der Waals surface area contributed by atoms with Gasteiger partial charge in [0.25, 0.3) is 5.69 Å². The van der Waals surface area contributed by atoms with Crippen molar-refractivity contribution in [1.82, 2.24) is 4.31 Å². The fraction of sp³-hybridized carbons (Fsp3) is 0.533. The van der Waals surface area contributed by atoms with Gasteiger partial charge in [0.2, 0.25) is 10.0 Å². The molecule has 10 nitrogen and oxygen atoms in total. The van der Waals surface area contributed by atoms with Crippen molar-refractivity contribution < 1.29 is 28.0 Å². The third-order valence-corrected chi connectivity index (χ3v) is 6.52. The van der Waals surface area contributed by atoms with Crippen molar-refractivity contribution in [3.8, 4) is 0 Å². The van der Waals surface area contributed by atoms with Crippen LogP contribution < -0.4 is 4.90 Å². The monoisotopic (exact) mass is 385 g/mol. The van der Waals surface area contributed by atoms with Crippen LogP contribution >= 0.6 is 0 Å². The van der Waals surface area contributed by atoms with E-state index < -0.39 is 26.8 Å². The zero-order valence-electron chi connectivity index (χ0n) is 13.9. The average molecular weight is 385 g/mol. The summed E-state index contributed by atoms with van der Waals surface area (Å²) < 4.78 is 31.8.